The van der Waals surface area contributed by atoms with Crippen LogP contribution in [0.25, 0.3) is 34.0 Å². The summed E-state index contributed by atoms with van der Waals surface area (Å²) in [5.74, 6) is -0.318. The van der Waals surface area contributed by atoms with Crippen molar-refractivity contribution in [3.05, 3.63) is 114 Å². The molecule has 1 heterocycles. The van der Waals surface area contributed by atoms with Crippen molar-refractivity contribution < 1.29 is 26.9 Å². The van der Waals surface area contributed by atoms with E-state index in [9.17, 15) is 13.2 Å². The van der Waals surface area contributed by atoms with Gasteiger partial charge in [0, 0.05) is 12.0 Å². The van der Waals surface area contributed by atoms with Crippen LogP contribution in [0.15, 0.2) is 106 Å². The molecule has 4 aromatic carbocycles. The molecule has 0 saturated heterocycles. The van der Waals surface area contributed by atoms with Crippen molar-refractivity contribution in [2.75, 3.05) is 0 Å². The summed E-state index contributed by atoms with van der Waals surface area (Å²) in [5, 5.41) is 3.88. The van der Waals surface area contributed by atoms with Crippen molar-refractivity contribution >= 4 is 16.5 Å². The molecular formula is C30H24FN3O5S. The molecule has 0 spiro atoms. The second kappa shape index (κ2) is 11.6. The number of hydrogen-bond donors (Lipinski definition) is 1. The maximum Gasteiger partial charge on any atom is 0.294 e. The van der Waals surface area contributed by atoms with Crippen molar-refractivity contribution in [3.63, 3.8) is 0 Å². The number of ether oxygens (including phenoxy) is 1. The minimum atomic E-state index is -4.05. The summed E-state index contributed by atoms with van der Waals surface area (Å²) in [6, 6.07) is 27.5. The highest BCUT2D eigenvalue weighted by Crippen LogP contribution is 2.26. The molecular weight excluding hydrogens is 533 g/mol. The van der Waals surface area contributed by atoms with Gasteiger partial charge in [0.15, 0.2) is 6.23 Å². The van der Waals surface area contributed by atoms with Crippen LogP contribution >= 0.6 is 0 Å². The lowest BCUT2D eigenvalue weighted by molar-refractivity contribution is -0.133. The van der Waals surface area contributed by atoms with Crippen molar-refractivity contribution in [3.8, 4) is 34.0 Å². The number of carbonyl (C=O) groups excluding carboxylic acids is 1. The van der Waals surface area contributed by atoms with Crippen LogP contribution in [0.1, 0.15) is 11.1 Å². The molecule has 0 aliphatic rings. The van der Waals surface area contributed by atoms with Crippen molar-refractivity contribution in [1.82, 2.24) is 14.9 Å². The predicted molar refractivity (Wildman–Crippen MR) is 147 cm³/mol. The van der Waals surface area contributed by atoms with E-state index in [0.29, 0.717) is 11.1 Å². The highest BCUT2D eigenvalue weighted by molar-refractivity contribution is 7.89. The Morgan fingerprint density at radius 2 is 1.60 bits per heavy atom. The summed E-state index contributed by atoms with van der Waals surface area (Å²) in [7, 11) is -4.05. The van der Waals surface area contributed by atoms with Crippen LogP contribution in [0.4, 0.5) is 4.39 Å². The molecule has 0 unspecified atom stereocenters. The molecule has 0 radical (unpaired) electrons. The third-order valence-corrected chi connectivity index (χ3v) is 7.66. The standard InChI is InChI=1S/C30H24FN3O5S/c1-20-7-10-24(11-8-20)30-32-29(33-39-30)26-16-9-21(17-27(26)31)18-28(38-19-35)34-40(36,37)25-14-12-23(13-15-25)22-5-3-2-4-6-22/h2-17,19,28,34H,18H2,1H3/t28-/m0/s1. The SMILES string of the molecule is Cc1ccc(-c2nc(-c3ccc(C[C@@H](NS(=O)(=O)c4ccc(-c5ccccc5)cc4)OC=O)cc3F)no2)cc1. The number of benzene rings is 4. The zero-order chi connectivity index (χ0) is 28.1. The van der Waals surface area contributed by atoms with Crippen molar-refractivity contribution in [2.45, 2.75) is 24.5 Å². The zero-order valence-electron chi connectivity index (χ0n) is 21.3. The van der Waals surface area contributed by atoms with Gasteiger partial charge < -0.3 is 9.26 Å². The van der Waals surface area contributed by atoms with Crippen LogP contribution in [0, 0.1) is 12.7 Å². The summed E-state index contributed by atoms with van der Waals surface area (Å²) in [6.45, 7) is 2.10. The largest absolute Gasteiger partial charge is 0.447 e. The molecule has 10 heteroatoms. The second-order valence-electron chi connectivity index (χ2n) is 9.04. The monoisotopic (exact) mass is 557 g/mol. The van der Waals surface area contributed by atoms with Gasteiger partial charge in [-0.25, -0.2) is 12.8 Å². The lowest BCUT2D eigenvalue weighted by atomic mass is 10.1. The maximum atomic E-state index is 15.0. The van der Waals surface area contributed by atoms with Gasteiger partial charge >= 0.3 is 0 Å². The number of rotatable bonds is 10. The van der Waals surface area contributed by atoms with Crippen molar-refractivity contribution in [1.29, 1.82) is 0 Å². The van der Waals surface area contributed by atoms with Gasteiger partial charge in [0.2, 0.25) is 15.8 Å². The highest BCUT2D eigenvalue weighted by atomic mass is 32.2. The Labute approximate surface area is 230 Å². The Kier molecular flexibility index (Phi) is 7.81. The number of nitrogens with one attached hydrogen (secondary N) is 1. The lowest BCUT2D eigenvalue weighted by Gasteiger charge is -2.17. The average Bonchev–Trinajstić information content (AvgIpc) is 3.44. The molecule has 0 aliphatic carbocycles. The van der Waals surface area contributed by atoms with E-state index in [1.165, 1.54) is 24.3 Å². The molecule has 0 aliphatic heterocycles. The first kappa shape index (κ1) is 26.9. The third-order valence-electron chi connectivity index (χ3n) is 6.20. The molecule has 8 nitrogen and oxygen atoms in total. The first-order valence-electron chi connectivity index (χ1n) is 12.3. The molecule has 1 N–H and O–H groups in total. The molecule has 40 heavy (non-hydrogen) atoms. The minimum Gasteiger partial charge on any atom is -0.447 e. The Morgan fingerprint density at radius 1 is 0.925 bits per heavy atom. The molecule has 0 saturated carbocycles. The molecule has 5 aromatic rings. The molecule has 202 valence electrons. The summed E-state index contributed by atoms with van der Waals surface area (Å²) in [5.41, 5.74) is 4.07. The van der Waals surface area contributed by atoms with Gasteiger partial charge in [-0.1, -0.05) is 71.4 Å². The first-order chi connectivity index (χ1) is 19.3. The minimum absolute atomic E-state index is 0.00491. The smallest absolute Gasteiger partial charge is 0.294 e. The Hall–Kier alpha value is -4.67. The van der Waals surface area contributed by atoms with Gasteiger partial charge in [0.25, 0.3) is 12.4 Å². The topological polar surface area (TPSA) is 111 Å². The summed E-state index contributed by atoms with van der Waals surface area (Å²) in [4.78, 5) is 15.4. The molecule has 0 bridgehead atoms. The number of aryl methyl sites for hydroxylation is 1. The first-order valence-corrected chi connectivity index (χ1v) is 13.8. The van der Waals surface area contributed by atoms with E-state index in [2.05, 4.69) is 14.9 Å². The number of halogens is 1. The van der Waals surface area contributed by atoms with Gasteiger partial charge in [-0.2, -0.15) is 9.71 Å². The van der Waals surface area contributed by atoms with E-state index in [4.69, 9.17) is 9.26 Å². The maximum absolute atomic E-state index is 15.0. The number of nitrogens with zero attached hydrogens (tertiary/aromatic N) is 2. The lowest BCUT2D eigenvalue weighted by Crippen LogP contribution is -2.38. The van der Waals surface area contributed by atoms with Crippen LogP contribution in [0.2, 0.25) is 0 Å². The van der Waals surface area contributed by atoms with Gasteiger partial charge in [-0.15, -0.1) is 0 Å². The van der Waals surface area contributed by atoms with Gasteiger partial charge in [0.05, 0.1) is 10.5 Å². The second-order valence-corrected chi connectivity index (χ2v) is 10.8. The van der Waals surface area contributed by atoms with Crippen LogP contribution in [-0.4, -0.2) is 31.3 Å². The van der Waals surface area contributed by atoms with Gasteiger partial charge in [-0.3, -0.25) is 4.79 Å². The number of aromatic nitrogens is 2. The summed E-state index contributed by atoms with van der Waals surface area (Å²) < 4.78 is 53.7. The molecule has 5 rings (SSSR count). The Balaban J connectivity index is 1.30. The van der Waals surface area contributed by atoms with E-state index >= 15 is 4.39 Å². The average molecular weight is 558 g/mol. The number of hydrogen-bond acceptors (Lipinski definition) is 7. The van der Waals surface area contributed by atoms with E-state index in [1.54, 1.807) is 18.2 Å². The van der Waals surface area contributed by atoms with E-state index in [1.807, 2.05) is 61.5 Å². The van der Waals surface area contributed by atoms with Crippen LogP contribution in [-0.2, 0) is 26.0 Å². The molecule has 0 amide bonds. The number of sulfonamides is 1. The van der Waals surface area contributed by atoms with Crippen molar-refractivity contribution in [2.24, 2.45) is 0 Å². The zero-order valence-corrected chi connectivity index (χ0v) is 22.1. The fourth-order valence-corrected chi connectivity index (χ4v) is 5.23. The third kappa shape index (κ3) is 6.14. The van der Waals surface area contributed by atoms with Crippen LogP contribution < -0.4 is 4.72 Å². The molecule has 1 aromatic heterocycles. The highest BCUT2D eigenvalue weighted by Gasteiger charge is 2.23. The summed E-state index contributed by atoms with van der Waals surface area (Å²) in [6.07, 6.45) is -1.38. The van der Waals surface area contributed by atoms with E-state index in [0.717, 1.165) is 16.7 Å². The molecule has 0 fully saturated rings. The Morgan fingerprint density at radius 3 is 2.27 bits per heavy atom. The fourth-order valence-electron chi connectivity index (χ4n) is 4.11. The Bertz CT molecular complexity index is 1720. The predicted octanol–water partition coefficient (Wildman–Crippen LogP) is 5.54. The number of carbonyl (C=O) groups is 1. The molecule has 1 atom stereocenters. The van der Waals surface area contributed by atoms with Gasteiger partial charge in [-0.05, 0) is 60.0 Å². The van der Waals surface area contributed by atoms with E-state index in [-0.39, 0.29) is 35.1 Å². The van der Waals surface area contributed by atoms with Gasteiger partial charge in [0.1, 0.15) is 5.82 Å². The van der Waals surface area contributed by atoms with E-state index < -0.39 is 22.1 Å². The normalized spacial score (nSPS) is 12.2. The van der Waals surface area contributed by atoms with Crippen LogP contribution in [0.5, 0.6) is 0 Å². The fraction of sp³-hybridized carbons (Fsp3) is 0.100. The summed E-state index contributed by atoms with van der Waals surface area (Å²) >= 11 is 0. The van der Waals surface area contributed by atoms with Crippen LogP contribution in [0.3, 0.4) is 0 Å². The quantitative estimate of drug-likeness (QED) is 0.177.